The van der Waals surface area contributed by atoms with Crippen molar-refractivity contribution >= 4 is 23.6 Å². The SMILES string of the molecule is COc1ccc([C@@H]2CC(=O)NC(SCC(=O)OCc3ccccc3)=C2C#N)cc1. The van der Waals surface area contributed by atoms with Crippen LogP contribution < -0.4 is 10.1 Å². The molecule has 3 rings (SSSR count). The standard InChI is InChI=1S/C22H20N2O4S/c1-27-17-9-7-16(8-10-17)18-11-20(25)24-22(19(18)12-23)29-14-21(26)28-13-15-5-3-2-4-6-15/h2-10,18H,11,13-14H2,1H3,(H,24,25)/t18-/m0/s1. The number of hydrogen-bond donors (Lipinski definition) is 1. The van der Waals surface area contributed by atoms with Crippen LogP contribution >= 0.6 is 11.8 Å². The van der Waals surface area contributed by atoms with Crippen molar-refractivity contribution in [3.63, 3.8) is 0 Å². The van der Waals surface area contributed by atoms with E-state index in [9.17, 15) is 14.9 Å². The number of esters is 1. The van der Waals surface area contributed by atoms with E-state index in [-0.39, 0.29) is 30.6 Å². The van der Waals surface area contributed by atoms with Gasteiger partial charge in [-0.25, -0.2) is 0 Å². The molecule has 0 saturated carbocycles. The van der Waals surface area contributed by atoms with Gasteiger partial charge in [-0.3, -0.25) is 9.59 Å². The number of nitriles is 1. The fourth-order valence-electron chi connectivity index (χ4n) is 2.96. The van der Waals surface area contributed by atoms with Crippen molar-refractivity contribution in [3.8, 4) is 11.8 Å². The van der Waals surface area contributed by atoms with E-state index in [1.165, 1.54) is 0 Å². The van der Waals surface area contributed by atoms with E-state index >= 15 is 0 Å². The normalized spacial score (nSPS) is 16.0. The van der Waals surface area contributed by atoms with Crippen LogP contribution in [0.4, 0.5) is 0 Å². The van der Waals surface area contributed by atoms with Crippen LogP contribution in [0.1, 0.15) is 23.5 Å². The average Bonchev–Trinajstić information content (AvgIpc) is 2.76. The first-order chi connectivity index (χ1) is 14.1. The molecule has 0 saturated heterocycles. The van der Waals surface area contributed by atoms with Crippen molar-refractivity contribution in [1.82, 2.24) is 5.32 Å². The summed E-state index contributed by atoms with van der Waals surface area (Å²) in [6.45, 7) is 0.186. The van der Waals surface area contributed by atoms with E-state index in [0.717, 1.165) is 22.9 Å². The zero-order valence-corrected chi connectivity index (χ0v) is 16.7. The molecule has 6 nitrogen and oxygen atoms in total. The predicted molar refractivity (Wildman–Crippen MR) is 110 cm³/mol. The van der Waals surface area contributed by atoms with Gasteiger partial charge in [0, 0.05) is 12.3 Å². The number of allylic oxidation sites excluding steroid dienone is 1. The van der Waals surface area contributed by atoms with Crippen LogP contribution in [-0.2, 0) is 20.9 Å². The lowest BCUT2D eigenvalue weighted by Gasteiger charge is -2.25. The van der Waals surface area contributed by atoms with Crippen molar-refractivity contribution in [2.45, 2.75) is 18.9 Å². The van der Waals surface area contributed by atoms with Gasteiger partial charge in [0.05, 0.1) is 29.5 Å². The summed E-state index contributed by atoms with van der Waals surface area (Å²) in [7, 11) is 1.58. The van der Waals surface area contributed by atoms with Crippen molar-refractivity contribution in [2.75, 3.05) is 12.9 Å². The second-order valence-corrected chi connectivity index (χ2v) is 7.35. The molecule has 1 N–H and O–H groups in total. The first kappa shape index (κ1) is 20.5. The Morgan fingerprint density at radius 2 is 1.93 bits per heavy atom. The van der Waals surface area contributed by atoms with Gasteiger partial charge in [-0.15, -0.1) is 0 Å². The van der Waals surface area contributed by atoms with E-state index in [1.54, 1.807) is 19.2 Å². The maximum Gasteiger partial charge on any atom is 0.316 e. The quantitative estimate of drug-likeness (QED) is 0.706. The summed E-state index contributed by atoms with van der Waals surface area (Å²) in [6.07, 6.45) is 0.178. The molecule has 0 aliphatic carbocycles. The molecule has 1 atom stereocenters. The molecule has 29 heavy (non-hydrogen) atoms. The Labute approximate surface area is 173 Å². The molecule has 0 unspecified atom stereocenters. The highest BCUT2D eigenvalue weighted by molar-refractivity contribution is 8.03. The maximum atomic E-state index is 12.2. The Kier molecular flexibility index (Phi) is 6.93. The number of amides is 1. The minimum absolute atomic E-state index is 0.00294. The Bertz CT molecular complexity index is 949. The van der Waals surface area contributed by atoms with Gasteiger partial charge in [0.1, 0.15) is 12.4 Å². The zero-order valence-electron chi connectivity index (χ0n) is 15.9. The molecule has 7 heteroatoms. The van der Waals surface area contributed by atoms with Crippen LogP contribution in [0.3, 0.4) is 0 Å². The molecular weight excluding hydrogens is 388 g/mol. The molecule has 0 fully saturated rings. The molecule has 1 heterocycles. The lowest BCUT2D eigenvalue weighted by molar-refractivity contribution is -0.141. The van der Waals surface area contributed by atoms with Crippen LogP contribution in [-0.4, -0.2) is 24.7 Å². The van der Waals surface area contributed by atoms with Crippen LogP contribution in [0.5, 0.6) is 5.75 Å². The van der Waals surface area contributed by atoms with E-state index in [2.05, 4.69) is 11.4 Å². The van der Waals surface area contributed by atoms with Crippen molar-refractivity contribution in [1.29, 1.82) is 5.26 Å². The first-order valence-corrected chi connectivity index (χ1v) is 9.99. The molecule has 1 aliphatic heterocycles. The van der Waals surface area contributed by atoms with Crippen LogP contribution in [0.15, 0.2) is 65.2 Å². The maximum absolute atomic E-state index is 12.2. The third-order valence-electron chi connectivity index (χ3n) is 4.45. The molecule has 2 aromatic carbocycles. The fourth-order valence-corrected chi connectivity index (χ4v) is 3.84. The summed E-state index contributed by atoms with van der Waals surface area (Å²) in [5, 5.41) is 12.8. The number of methoxy groups -OCH3 is 1. The highest BCUT2D eigenvalue weighted by Gasteiger charge is 2.30. The van der Waals surface area contributed by atoms with Gasteiger partial charge < -0.3 is 14.8 Å². The van der Waals surface area contributed by atoms with Gasteiger partial charge in [0.25, 0.3) is 0 Å². The number of nitrogens with one attached hydrogen (secondary N) is 1. The Balaban J connectivity index is 1.68. The Morgan fingerprint density at radius 1 is 1.21 bits per heavy atom. The molecule has 0 bridgehead atoms. The van der Waals surface area contributed by atoms with Crippen molar-refractivity contribution < 1.29 is 19.1 Å². The largest absolute Gasteiger partial charge is 0.497 e. The summed E-state index contributed by atoms with van der Waals surface area (Å²) in [4.78, 5) is 24.3. The Hall–Kier alpha value is -3.24. The summed E-state index contributed by atoms with van der Waals surface area (Å²) in [6, 6.07) is 18.9. The third-order valence-corrected chi connectivity index (χ3v) is 5.44. The smallest absolute Gasteiger partial charge is 0.316 e. The third kappa shape index (κ3) is 5.39. The van der Waals surface area contributed by atoms with Gasteiger partial charge in [-0.1, -0.05) is 54.2 Å². The molecule has 1 aliphatic rings. The predicted octanol–water partition coefficient (Wildman–Crippen LogP) is 3.51. The monoisotopic (exact) mass is 408 g/mol. The lowest BCUT2D eigenvalue weighted by Crippen LogP contribution is -2.31. The zero-order chi connectivity index (χ0) is 20.6. The van der Waals surface area contributed by atoms with Crippen LogP contribution in [0, 0.1) is 11.3 Å². The fraction of sp³-hybridized carbons (Fsp3) is 0.227. The van der Waals surface area contributed by atoms with Gasteiger partial charge in [-0.2, -0.15) is 5.26 Å². The molecule has 0 radical (unpaired) electrons. The summed E-state index contributed by atoms with van der Waals surface area (Å²) in [5.41, 5.74) is 2.19. The molecule has 0 aromatic heterocycles. The molecule has 0 spiro atoms. The number of hydrogen-bond acceptors (Lipinski definition) is 6. The van der Waals surface area contributed by atoms with Crippen LogP contribution in [0.25, 0.3) is 0 Å². The molecule has 1 amide bonds. The van der Waals surface area contributed by atoms with Gasteiger partial charge in [-0.05, 0) is 23.3 Å². The first-order valence-electron chi connectivity index (χ1n) is 9.01. The molecule has 2 aromatic rings. The number of ether oxygens (including phenoxy) is 2. The average molecular weight is 408 g/mol. The number of rotatable bonds is 7. The lowest BCUT2D eigenvalue weighted by atomic mass is 9.87. The van der Waals surface area contributed by atoms with Gasteiger partial charge in [0.2, 0.25) is 5.91 Å². The van der Waals surface area contributed by atoms with Gasteiger partial charge in [0.15, 0.2) is 0 Å². The number of thioether (sulfide) groups is 1. The second kappa shape index (κ2) is 9.80. The van der Waals surface area contributed by atoms with E-state index in [0.29, 0.717) is 16.4 Å². The highest BCUT2D eigenvalue weighted by Crippen LogP contribution is 2.36. The van der Waals surface area contributed by atoms with E-state index in [1.807, 2.05) is 42.5 Å². The topological polar surface area (TPSA) is 88.4 Å². The van der Waals surface area contributed by atoms with Crippen LogP contribution in [0.2, 0.25) is 0 Å². The van der Waals surface area contributed by atoms with E-state index in [4.69, 9.17) is 9.47 Å². The molecular formula is C22H20N2O4S. The van der Waals surface area contributed by atoms with Crippen molar-refractivity contribution in [2.24, 2.45) is 0 Å². The summed E-state index contributed by atoms with van der Waals surface area (Å²) >= 11 is 1.11. The number of carbonyl (C=O) groups is 2. The van der Waals surface area contributed by atoms with Crippen molar-refractivity contribution in [3.05, 3.63) is 76.3 Å². The summed E-state index contributed by atoms with van der Waals surface area (Å²) in [5.74, 6) is -0.257. The minimum Gasteiger partial charge on any atom is -0.497 e. The number of carbonyl (C=O) groups excluding carboxylic acids is 2. The van der Waals surface area contributed by atoms with E-state index < -0.39 is 5.97 Å². The second-order valence-electron chi connectivity index (χ2n) is 6.37. The number of nitrogens with zero attached hydrogens (tertiary/aromatic N) is 1. The summed E-state index contributed by atoms with van der Waals surface area (Å²) < 4.78 is 10.4. The minimum atomic E-state index is -0.413. The Morgan fingerprint density at radius 3 is 2.59 bits per heavy atom. The number of benzene rings is 2. The highest BCUT2D eigenvalue weighted by atomic mass is 32.2. The van der Waals surface area contributed by atoms with Gasteiger partial charge >= 0.3 is 5.97 Å². The molecule has 148 valence electrons.